The number of ether oxygens (including phenoxy) is 4. The number of benzene rings is 1. The number of nitrogens with one attached hydrogen (secondary N) is 1. The highest BCUT2D eigenvalue weighted by Crippen LogP contribution is 2.38. The second kappa shape index (κ2) is 9.29. The van der Waals surface area contributed by atoms with E-state index >= 15 is 0 Å². The van der Waals surface area contributed by atoms with E-state index in [0.29, 0.717) is 48.5 Å². The summed E-state index contributed by atoms with van der Waals surface area (Å²) in [4.78, 5) is 23.5. The third-order valence-electron chi connectivity index (χ3n) is 3.30. The van der Waals surface area contributed by atoms with Gasteiger partial charge in [-0.1, -0.05) is 11.6 Å². The molecule has 0 saturated heterocycles. The van der Waals surface area contributed by atoms with E-state index in [1.807, 2.05) is 0 Å². The van der Waals surface area contributed by atoms with E-state index in [-0.39, 0.29) is 5.91 Å². The van der Waals surface area contributed by atoms with Gasteiger partial charge in [-0.25, -0.2) is 4.79 Å². The number of rotatable bonds is 7. The van der Waals surface area contributed by atoms with Crippen molar-refractivity contribution in [2.75, 3.05) is 33.5 Å². The fourth-order valence-corrected chi connectivity index (χ4v) is 2.35. The molecule has 1 aromatic carbocycles. The lowest BCUT2D eigenvalue weighted by Crippen LogP contribution is -2.37. The van der Waals surface area contributed by atoms with E-state index in [1.54, 1.807) is 12.1 Å². The molecule has 1 N–H and O–H groups in total. The highest BCUT2D eigenvalue weighted by Gasteiger charge is 2.17. The molecule has 0 aromatic heterocycles. The number of hydrogen-bond donors (Lipinski definition) is 1. The smallest absolute Gasteiger partial charge is 0.331 e. The van der Waals surface area contributed by atoms with Crippen LogP contribution in [0.2, 0.25) is 5.02 Å². The molecule has 0 radical (unpaired) electrons. The van der Waals surface area contributed by atoms with Crippen LogP contribution in [0.25, 0.3) is 6.08 Å². The van der Waals surface area contributed by atoms with Crippen LogP contribution in [-0.2, 0) is 19.1 Å². The number of halogens is 1. The Morgan fingerprint density at radius 2 is 2.12 bits per heavy atom. The summed E-state index contributed by atoms with van der Waals surface area (Å²) in [6.45, 7) is 3.11. The highest BCUT2D eigenvalue weighted by molar-refractivity contribution is 6.32. The molecular weight excluding hydrogens is 350 g/mol. The van der Waals surface area contributed by atoms with Crippen LogP contribution in [0.1, 0.15) is 12.5 Å². The molecule has 0 spiro atoms. The fourth-order valence-electron chi connectivity index (χ4n) is 2.08. The third kappa shape index (κ3) is 5.65. The van der Waals surface area contributed by atoms with Gasteiger partial charge in [0, 0.05) is 19.7 Å². The summed E-state index contributed by atoms with van der Waals surface area (Å²) in [7, 11) is 1.53. The predicted octanol–water partition coefficient (Wildman–Crippen LogP) is 1.82. The third-order valence-corrected chi connectivity index (χ3v) is 3.58. The highest BCUT2D eigenvalue weighted by atomic mass is 35.5. The summed E-state index contributed by atoms with van der Waals surface area (Å²) < 4.78 is 20.8. The molecule has 0 fully saturated rings. The van der Waals surface area contributed by atoms with Crippen LogP contribution >= 0.6 is 11.6 Å². The maximum absolute atomic E-state index is 11.8. The Labute approximate surface area is 150 Å². The lowest BCUT2D eigenvalue weighted by atomic mass is 10.2. The van der Waals surface area contributed by atoms with Gasteiger partial charge in [-0.2, -0.15) is 0 Å². The Balaban J connectivity index is 1.91. The first-order valence-corrected chi connectivity index (χ1v) is 8.13. The van der Waals surface area contributed by atoms with Gasteiger partial charge in [-0.3, -0.25) is 4.79 Å². The zero-order valence-corrected chi connectivity index (χ0v) is 14.8. The van der Waals surface area contributed by atoms with Crippen molar-refractivity contribution >= 4 is 29.6 Å². The summed E-state index contributed by atoms with van der Waals surface area (Å²) in [6, 6.07) is 3.37. The van der Waals surface area contributed by atoms with E-state index in [9.17, 15) is 9.59 Å². The molecule has 1 aliphatic heterocycles. The maximum Gasteiger partial charge on any atom is 0.331 e. The number of carbonyl (C=O) groups is 2. The van der Waals surface area contributed by atoms with Crippen LogP contribution in [0.5, 0.6) is 11.5 Å². The number of hydrogen-bond acceptors (Lipinski definition) is 6. The largest absolute Gasteiger partial charge is 0.486 e. The van der Waals surface area contributed by atoms with Crippen molar-refractivity contribution in [3.05, 3.63) is 28.8 Å². The van der Waals surface area contributed by atoms with Crippen LogP contribution < -0.4 is 14.8 Å². The standard InChI is InChI=1S/C17H20ClNO6/c1-11(17(21)19-5-6-22-2)25-15(20)4-3-12-9-13(18)16-14(10-12)23-7-8-24-16/h3-4,9-11H,5-8H2,1-2H3,(H,19,21)/b4-3+/t11-/m1/s1. The molecule has 1 amide bonds. The van der Waals surface area contributed by atoms with Gasteiger partial charge in [0.1, 0.15) is 13.2 Å². The average Bonchev–Trinajstić information content (AvgIpc) is 2.60. The van der Waals surface area contributed by atoms with Crippen LogP contribution in [0.3, 0.4) is 0 Å². The molecule has 8 heteroatoms. The molecule has 1 aliphatic rings. The summed E-state index contributed by atoms with van der Waals surface area (Å²) in [6.07, 6.45) is 1.85. The number of methoxy groups -OCH3 is 1. The quantitative estimate of drug-likeness (QED) is 0.448. The Kier molecular flexibility index (Phi) is 7.09. The van der Waals surface area contributed by atoms with E-state index in [4.69, 9.17) is 30.5 Å². The van der Waals surface area contributed by atoms with Crippen molar-refractivity contribution in [3.8, 4) is 11.5 Å². The molecule has 136 valence electrons. The van der Waals surface area contributed by atoms with Gasteiger partial charge in [-0.15, -0.1) is 0 Å². The first kappa shape index (κ1) is 19.1. The van der Waals surface area contributed by atoms with Crippen LogP contribution in [0.15, 0.2) is 18.2 Å². The minimum absolute atomic E-state index is 0.350. The molecule has 1 atom stereocenters. The van der Waals surface area contributed by atoms with E-state index < -0.39 is 12.1 Å². The molecule has 0 saturated carbocycles. The molecule has 2 rings (SSSR count). The Morgan fingerprint density at radius 3 is 2.88 bits per heavy atom. The lowest BCUT2D eigenvalue weighted by molar-refractivity contribution is -0.150. The fraction of sp³-hybridized carbons (Fsp3) is 0.412. The van der Waals surface area contributed by atoms with E-state index in [1.165, 1.54) is 26.2 Å². The van der Waals surface area contributed by atoms with Crippen LogP contribution in [-0.4, -0.2) is 51.5 Å². The zero-order chi connectivity index (χ0) is 18.2. The second-order valence-corrected chi connectivity index (χ2v) is 5.63. The number of fused-ring (bicyclic) bond motifs is 1. The first-order chi connectivity index (χ1) is 12.0. The van der Waals surface area contributed by atoms with Crippen molar-refractivity contribution in [3.63, 3.8) is 0 Å². The first-order valence-electron chi connectivity index (χ1n) is 7.75. The maximum atomic E-state index is 11.8. The van der Waals surface area contributed by atoms with Gasteiger partial charge in [0.2, 0.25) is 0 Å². The van der Waals surface area contributed by atoms with Gasteiger partial charge in [0.25, 0.3) is 5.91 Å². The molecule has 25 heavy (non-hydrogen) atoms. The molecule has 0 unspecified atom stereocenters. The Hall–Kier alpha value is -2.25. The zero-order valence-electron chi connectivity index (χ0n) is 14.0. The normalized spacial score (nSPS) is 14.2. The summed E-state index contributed by atoms with van der Waals surface area (Å²) in [5, 5.41) is 2.99. The molecule has 0 bridgehead atoms. The van der Waals surface area contributed by atoms with Crippen LogP contribution in [0, 0.1) is 0 Å². The van der Waals surface area contributed by atoms with Gasteiger partial charge in [0.05, 0.1) is 11.6 Å². The van der Waals surface area contributed by atoms with Crippen molar-refractivity contribution in [1.82, 2.24) is 5.32 Å². The monoisotopic (exact) mass is 369 g/mol. The van der Waals surface area contributed by atoms with Gasteiger partial charge >= 0.3 is 5.97 Å². The van der Waals surface area contributed by atoms with E-state index in [2.05, 4.69) is 5.32 Å². The molecule has 7 nitrogen and oxygen atoms in total. The Bertz CT molecular complexity index is 661. The molecule has 1 aromatic rings. The van der Waals surface area contributed by atoms with Crippen molar-refractivity contribution in [2.24, 2.45) is 0 Å². The summed E-state index contributed by atoms with van der Waals surface area (Å²) in [5.74, 6) is -0.00627. The van der Waals surface area contributed by atoms with Crippen molar-refractivity contribution < 1.29 is 28.5 Å². The minimum atomic E-state index is -0.905. The van der Waals surface area contributed by atoms with Crippen molar-refractivity contribution in [2.45, 2.75) is 13.0 Å². The van der Waals surface area contributed by atoms with Crippen LogP contribution in [0.4, 0.5) is 0 Å². The average molecular weight is 370 g/mol. The molecular formula is C17H20ClNO6. The number of esters is 1. The summed E-state index contributed by atoms with van der Waals surface area (Å²) in [5.41, 5.74) is 0.656. The topological polar surface area (TPSA) is 83.1 Å². The lowest BCUT2D eigenvalue weighted by Gasteiger charge is -2.19. The minimum Gasteiger partial charge on any atom is -0.486 e. The number of amides is 1. The van der Waals surface area contributed by atoms with Crippen molar-refractivity contribution in [1.29, 1.82) is 0 Å². The van der Waals surface area contributed by atoms with Gasteiger partial charge < -0.3 is 24.3 Å². The van der Waals surface area contributed by atoms with Gasteiger partial charge in [0.15, 0.2) is 17.6 Å². The number of carbonyl (C=O) groups excluding carboxylic acids is 2. The Morgan fingerprint density at radius 1 is 1.36 bits per heavy atom. The predicted molar refractivity (Wildman–Crippen MR) is 91.9 cm³/mol. The van der Waals surface area contributed by atoms with E-state index in [0.717, 1.165) is 0 Å². The second-order valence-electron chi connectivity index (χ2n) is 5.22. The van der Waals surface area contributed by atoms with Gasteiger partial charge in [-0.05, 0) is 30.7 Å². The SMILES string of the molecule is COCCNC(=O)[C@@H](C)OC(=O)/C=C/c1cc(Cl)c2c(c1)OCCO2. The molecule has 1 heterocycles. The summed E-state index contributed by atoms with van der Waals surface area (Å²) >= 11 is 6.13. The molecule has 0 aliphatic carbocycles.